The molecule has 0 aliphatic carbocycles. The van der Waals surface area contributed by atoms with Crippen molar-refractivity contribution in [1.29, 1.82) is 0 Å². The minimum Gasteiger partial charge on any atom is -0.507 e. The maximum Gasteiger partial charge on any atom is 0.339 e. The number of benzene rings is 2. The maximum absolute atomic E-state index is 11.4. The lowest BCUT2D eigenvalue weighted by Gasteiger charge is -2.08. The van der Waals surface area contributed by atoms with E-state index in [0.29, 0.717) is 6.42 Å². The number of ether oxygens (including phenoxy) is 1. The number of aromatic carboxylic acids is 1. The second kappa shape index (κ2) is 11.3. The predicted molar refractivity (Wildman–Crippen MR) is 112 cm³/mol. The minimum atomic E-state index is -2.53. The molecule has 2 N–H and O–H groups in total. The van der Waals surface area contributed by atoms with Crippen LogP contribution in [0.2, 0.25) is 0 Å². The molecule has 0 fully saturated rings. The molecule has 7 heteroatoms. The van der Waals surface area contributed by atoms with Gasteiger partial charge in [0.05, 0.1) is 0 Å². The fourth-order valence-corrected chi connectivity index (χ4v) is 3.41. The number of carboxylic acid groups (broad SMARTS) is 1. The van der Waals surface area contributed by atoms with E-state index in [2.05, 4.69) is 31.2 Å². The van der Waals surface area contributed by atoms with Crippen molar-refractivity contribution >= 4 is 21.3 Å². The molecule has 0 radical (unpaired) electrons. The molecular weight excluding hydrogens is 392 g/mol. The molecule has 0 aromatic heterocycles. The highest BCUT2D eigenvalue weighted by atomic mass is 32.2. The summed E-state index contributed by atoms with van der Waals surface area (Å²) >= 11 is 0. The van der Waals surface area contributed by atoms with Crippen LogP contribution in [0.25, 0.3) is 0 Å². The molecule has 2 aromatic carbocycles. The lowest BCUT2D eigenvalue weighted by molar-refractivity contribution is 0.0693. The van der Waals surface area contributed by atoms with Gasteiger partial charge in [0.2, 0.25) is 5.05 Å². The molecule has 0 bridgehead atoms. The number of unbranched alkanes of at least 4 members (excludes halogenated alkanes) is 4. The number of phenols is 1. The standard InChI is InChI=1S/C22H26O6S/c1-16-9-11-17(12-10-16)7-5-3-2-4-6-8-21(29(26)27)28-18-13-14-20(23)19(15-18)22(24)25/h9-15,23H,2-8H2,1H3,(H,24,25). The van der Waals surface area contributed by atoms with Gasteiger partial charge in [0, 0.05) is 6.42 Å². The number of carboxylic acids is 1. The molecule has 0 amide bonds. The van der Waals surface area contributed by atoms with Crippen molar-refractivity contribution in [3.8, 4) is 11.5 Å². The van der Waals surface area contributed by atoms with Gasteiger partial charge in [-0.15, -0.1) is 0 Å². The van der Waals surface area contributed by atoms with E-state index < -0.39 is 22.0 Å². The van der Waals surface area contributed by atoms with Crippen molar-refractivity contribution in [2.45, 2.75) is 51.9 Å². The third kappa shape index (κ3) is 7.62. The van der Waals surface area contributed by atoms with Gasteiger partial charge in [0.1, 0.15) is 17.1 Å². The minimum absolute atomic E-state index is 0.0671. The van der Waals surface area contributed by atoms with Crippen LogP contribution in [0.4, 0.5) is 0 Å². The quantitative estimate of drug-likeness (QED) is 0.439. The molecule has 0 aliphatic heterocycles. The smallest absolute Gasteiger partial charge is 0.339 e. The van der Waals surface area contributed by atoms with Gasteiger partial charge in [-0.25, -0.2) is 4.79 Å². The second-order valence-electron chi connectivity index (χ2n) is 6.95. The zero-order valence-electron chi connectivity index (χ0n) is 16.4. The van der Waals surface area contributed by atoms with E-state index >= 15 is 0 Å². The Morgan fingerprint density at radius 3 is 2.28 bits per heavy atom. The van der Waals surface area contributed by atoms with E-state index in [-0.39, 0.29) is 22.8 Å². The molecule has 6 nitrogen and oxygen atoms in total. The molecule has 0 unspecified atom stereocenters. The summed E-state index contributed by atoms with van der Waals surface area (Å²) in [6, 6.07) is 12.1. The van der Waals surface area contributed by atoms with Crippen LogP contribution in [-0.2, 0) is 16.7 Å². The van der Waals surface area contributed by atoms with E-state index in [1.54, 1.807) is 0 Å². The fraction of sp³-hybridized carbons (Fsp3) is 0.364. The Bertz CT molecular complexity index is 953. The van der Waals surface area contributed by atoms with Crippen molar-refractivity contribution < 1.29 is 28.2 Å². The second-order valence-corrected chi connectivity index (χ2v) is 7.87. The van der Waals surface area contributed by atoms with Gasteiger partial charge in [-0.05, 0) is 49.9 Å². The molecular formula is C22H26O6S. The molecule has 0 spiro atoms. The summed E-state index contributed by atoms with van der Waals surface area (Å²) in [6.07, 6.45) is 6.01. The SMILES string of the molecule is Cc1ccc(CCCCCCCC(Oc2ccc(O)c(C(=O)O)c2)=S(=O)=O)cc1. The van der Waals surface area contributed by atoms with Crippen molar-refractivity contribution in [2.24, 2.45) is 0 Å². The zero-order chi connectivity index (χ0) is 21.2. The molecule has 2 rings (SSSR count). The van der Waals surface area contributed by atoms with Crippen molar-refractivity contribution in [3.63, 3.8) is 0 Å². The third-order valence-electron chi connectivity index (χ3n) is 4.58. The van der Waals surface area contributed by atoms with E-state index in [4.69, 9.17) is 9.84 Å². The topological polar surface area (TPSA) is 101 Å². The molecule has 29 heavy (non-hydrogen) atoms. The lowest BCUT2D eigenvalue weighted by Crippen LogP contribution is -2.10. The Labute approximate surface area is 172 Å². The summed E-state index contributed by atoms with van der Waals surface area (Å²) in [5.74, 6) is -1.65. The third-order valence-corrected chi connectivity index (χ3v) is 5.24. The number of hydrogen-bond acceptors (Lipinski definition) is 5. The molecule has 156 valence electrons. The largest absolute Gasteiger partial charge is 0.507 e. The summed E-state index contributed by atoms with van der Waals surface area (Å²) in [7, 11) is -2.53. The first-order chi connectivity index (χ1) is 13.9. The Kier molecular flexibility index (Phi) is 8.73. The Morgan fingerprint density at radius 2 is 1.62 bits per heavy atom. The van der Waals surface area contributed by atoms with Gasteiger partial charge >= 0.3 is 5.97 Å². The lowest BCUT2D eigenvalue weighted by atomic mass is 10.0. The first kappa shape index (κ1) is 22.5. The van der Waals surface area contributed by atoms with Crippen LogP contribution >= 0.6 is 0 Å². The fourth-order valence-electron chi connectivity index (χ4n) is 2.93. The van der Waals surface area contributed by atoms with Gasteiger partial charge in [-0.3, -0.25) is 0 Å². The summed E-state index contributed by atoms with van der Waals surface area (Å²) < 4.78 is 28.2. The average molecular weight is 419 g/mol. The van der Waals surface area contributed by atoms with E-state index in [0.717, 1.165) is 44.2 Å². The zero-order valence-corrected chi connectivity index (χ0v) is 17.2. The highest BCUT2D eigenvalue weighted by Crippen LogP contribution is 2.23. The molecule has 0 heterocycles. The van der Waals surface area contributed by atoms with Crippen molar-refractivity contribution in [1.82, 2.24) is 0 Å². The monoisotopic (exact) mass is 418 g/mol. The first-order valence-corrected chi connectivity index (χ1v) is 10.7. The van der Waals surface area contributed by atoms with Crippen molar-refractivity contribution in [2.75, 3.05) is 0 Å². The first-order valence-electron chi connectivity index (χ1n) is 9.61. The predicted octanol–water partition coefficient (Wildman–Crippen LogP) is 4.37. The molecule has 0 aliphatic rings. The Hall–Kier alpha value is -2.80. The van der Waals surface area contributed by atoms with E-state index in [1.807, 2.05) is 0 Å². The summed E-state index contributed by atoms with van der Waals surface area (Å²) in [4.78, 5) is 11.1. The van der Waals surface area contributed by atoms with Gasteiger partial charge in [0.15, 0.2) is 0 Å². The van der Waals surface area contributed by atoms with Crippen LogP contribution in [0.3, 0.4) is 0 Å². The van der Waals surface area contributed by atoms with E-state index in [9.17, 15) is 18.3 Å². The molecule has 0 saturated carbocycles. The number of aromatic hydroxyl groups is 1. The maximum atomic E-state index is 11.4. The van der Waals surface area contributed by atoms with Gasteiger partial charge < -0.3 is 14.9 Å². The summed E-state index contributed by atoms with van der Waals surface area (Å²) in [5.41, 5.74) is 2.24. The van der Waals surface area contributed by atoms with Crippen LogP contribution in [0.1, 0.15) is 60.0 Å². The van der Waals surface area contributed by atoms with Gasteiger partial charge in [-0.2, -0.15) is 8.42 Å². The Morgan fingerprint density at radius 1 is 0.966 bits per heavy atom. The molecule has 0 atom stereocenters. The highest BCUT2D eigenvalue weighted by molar-refractivity contribution is 7.72. The van der Waals surface area contributed by atoms with Crippen LogP contribution in [0.5, 0.6) is 11.5 Å². The van der Waals surface area contributed by atoms with Crippen LogP contribution < -0.4 is 4.74 Å². The van der Waals surface area contributed by atoms with E-state index in [1.165, 1.54) is 17.2 Å². The average Bonchev–Trinajstić information content (AvgIpc) is 2.68. The van der Waals surface area contributed by atoms with Gasteiger partial charge in [-0.1, -0.05) is 49.1 Å². The van der Waals surface area contributed by atoms with Crippen LogP contribution in [0.15, 0.2) is 42.5 Å². The Balaban J connectivity index is 1.75. The molecule has 2 aromatic rings. The van der Waals surface area contributed by atoms with Crippen molar-refractivity contribution in [3.05, 3.63) is 59.2 Å². The number of hydrogen-bond donors (Lipinski definition) is 2. The van der Waals surface area contributed by atoms with Gasteiger partial charge in [0.25, 0.3) is 10.3 Å². The number of aryl methyl sites for hydroxylation is 2. The van der Waals surface area contributed by atoms with Crippen LogP contribution in [0, 0.1) is 6.92 Å². The summed E-state index contributed by atoms with van der Waals surface area (Å²) in [5, 5.41) is 18.4. The summed E-state index contributed by atoms with van der Waals surface area (Å²) in [6.45, 7) is 2.07. The highest BCUT2D eigenvalue weighted by Gasteiger charge is 2.13. The number of carbonyl (C=O) groups is 1. The molecule has 0 saturated heterocycles. The normalized spacial score (nSPS) is 10.5. The van der Waals surface area contributed by atoms with Crippen LogP contribution in [-0.4, -0.2) is 29.7 Å². The number of rotatable bonds is 10.